The smallest absolute Gasteiger partial charge is 0.366 e. The minimum Gasteiger partial charge on any atom is -0.465 e. The van der Waals surface area contributed by atoms with Crippen molar-refractivity contribution in [3.8, 4) is 0 Å². The highest BCUT2D eigenvalue weighted by atomic mass is 16.8. The molecule has 0 bridgehead atoms. The molecule has 0 aromatic carbocycles. The summed E-state index contributed by atoms with van der Waals surface area (Å²) in [6.07, 6.45) is 18.2. The Morgan fingerprint density at radius 2 is 0.890 bits per heavy atom. The first-order valence-corrected chi connectivity index (χ1v) is 44.1. The average molecular weight is 1700 g/mol. The largest absolute Gasteiger partial charge is 0.465 e. The SMILES string of the molecule is CCCCCCCCCCCCCCCCCCCCCC[C@@H](OC)C(=O)N(C)[C@@H](CO[C@@H]1O[C@H](COC2(C(=O)OC)C[C@H](O[C@]3(C(=O)OC)C[C@H](OC)[C@@H](N(C)C(=O)COC)[C@H]([C@H](OC)[C@@H](COC)OC)O3)[C@@H](N(C)C(C)=O)[C@H]([C@H](OC)[C@@H](COC)OC)O2)[C@@H](OC)[C@H](OC)[C@H]1OC)[C@H](OC)[C@@H](CCCCCCCCCC(C)CC)OC. The van der Waals surface area contributed by atoms with Crippen LogP contribution in [0.25, 0.3) is 0 Å². The van der Waals surface area contributed by atoms with Crippen LogP contribution in [0.5, 0.6) is 0 Å². The van der Waals surface area contributed by atoms with Gasteiger partial charge in [-0.05, 0) is 18.8 Å². The van der Waals surface area contributed by atoms with Crippen LogP contribution in [0.15, 0.2) is 0 Å². The summed E-state index contributed by atoms with van der Waals surface area (Å²) in [5.74, 6) is -7.86. The number of methoxy groups -OCH3 is 16. The van der Waals surface area contributed by atoms with Crippen LogP contribution in [0.2, 0.25) is 0 Å². The molecule has 3 saturated heterocycles. The number of nitrogens with zero attached hydrogens (tertiary/aromatic N) is 3. The van der Waals surface area contributed by atoms with E-state index in [2.05, 4.69) is 20.8 Å². The molecule has 3 heterocycles. The molecule has 0 aromatic heterocycles. The Labute approximate surface area is 710 Å². The lowest BCUT2D eigenvalue weighted by molar-refractivity contribution is -0.375. The number of hydrogen-bond acceptors (Lipinski definition) is 27. The average Bonchev–Trinajstić information content (AvgIpc) is 0.731. The number of esters is 2. The fraction of sp³-hybridized carbons (Fsp3) is 0.943. The second-order valence-electron chi connectivity index (χ2n) is 32.5. The first-order valence-electron chi connectivity index (χ1n) is 44.1. The molecule has 3 rings (SSSR count). The maximum absolute atomic E-state index is 15.4. The van der Waals surface area contributed by atoms with Gasteiger partial charge in [0.05, 0.1) is 77.1 Å². The number of rotatable bonds is 69. The summed E-state index contributed by atoms with van der Waals surface area (Å²) in [7, 11) is 27.6. The summed E-state index contributed by atoms with van der Waals surface area (Å²) in [6, 6.07) is -3.20. The van der Waals surface area contributed by atoms with Crippen molar-refractivity contribution in [3.05, 3.63) is 0 Å². The summed E-state index contributed by atoms with van der Waals surface area (Å²) in [6.45, 7) is 6.92. The van der Waals surface area contributed by atoms with E-state index in [9.17, 15) is 9.59 Å². The van der Waals surface area contributed by atoms with Crippen molar-refractivity contribution in [2.45, 2.75) is 367 Å². The summed E-state index contributed by atoms with van der Waals surface area (Å²) in [5.41, 5.74) is 0. The van der Waals surface area contributed by atoms with Crippen molar-refractivity contribution >= 4 is 29.7 Å². The summed E-state index contributed by atoms with van der Waals surface area (Å²) >= 11 is 0. The lowest BCUT2D eigenvalue weighted by atomic mass is 9.85. The van der Waals surface area contributed by atoms with Crippen LogP contribution in [0, 0.1) is 5.92 Å². The number of likely N-dealkylation sites (N-methyl/N-ethyl adjacent to an activating group) is 3. The first-order chi connectivity index (χ1) is 56.9. The van der Waals surface area contributed by atoms with Crippen LogP contribution in [-0.2, 0) is 128 Å². The van der Waals surface area contributed by atoms with E-state index in [0.29, 0.717) is 12.8 Å². The Balaban J connectivity index is 2.16. The molecule has 0 radical (unpaired) electrons. The number of ether oxygens (including phenoxy) is 22. The van der Waals surface area contributed by atoms with Gasteiger partial charge in [0, 0.05) is 140 Å². The molecular formula is C88H165N3O27. The van der Waals surface area contributed by atoms with E-state index < -0.39 is 171 Å². The van der Waals surface area contributed by atoms with Gasteiger partial charge in [-0.3, -0.25) is 14.4 Å². The molecular weight excluding hydrogens is 1530 g/mol. The third-order valence-corrected chi connectivity index (χ3v) is 24.7. The van der Waals surface area contributed by atoms with Gasteiger partial charge in [0.25, 0.3) is 17.5 Å². The van der Waals surface area contributed by atoms with E-state index in [1.54, 1.807) is 33.3 Å². The maximum atomic E-state index is 15.4. The lowest BCUT2D eigenvalue weighted by Crippen LogP contribution is -2.73. The fourth-order valence-electron chi connectivity index (χ4n) is 17.3. The van der Waals surface area contributed by atoms with Gasteiger partial charge in [-0.15, -0.1) is 0 Å². The predicted octanol–water partition coefficient (Wildman–Crippen LogP) is 11.8. The van der Waals surface area contributed by atoms with Crippen LogP contribution in [0.1, 0.15) is 240 Å². The molecule has 118 heavy (non-hydrogen) atoms. The van der Waals surface area contributed by atoms with Crippen LogP contribution in [0.3, 0.4) is 0 Å². The van der Waals surface area contributed by atoms with Crippen LogP contribution in [0.4, 0.5) is 0 Å². The molecule has 22 atom stereocenters. The highest BCUT2D eigenvalue weighted by Gasteiger charge is 2.65. The Hall–Kier alpha value is -3.45. The maximum Gasteiger partial charge on any atom is 0.366 e. The normalized spacial score (nSPS) is 25.9. The second kappa shape index (κ2) is 61.8. The summed E-state index contributed by atoms with van der Waals surface area (Å²) < 4.78 is 139. The van der Waals surface area contributed by atoms with E-state index in [-0.39, 0.29) is 32.3 Å². The Bertz CT molecular complexity index is 2630. The molecule has 3 aliphatic heterocycles. The van der Waals surface area contributed by atoms with Gasteiger partial charge < -0.3 is 119 Å². The Kier molecular flexibility index (Phi) is 57.0. The van der Waals surface area contributed by atoms with Gasteiger partial charge in [0.2, 0.25) is 11.8 Å². The van der Waals surface area contributed by atoms with Crippen LogP contribution >= 0.6 is 0 Å². The van der Waals surface area contributed by atoms with Crippen molar-refractivity contribution < 1.29 is 128 Å². The summed E-state index contributed by atoms with van der Waals surface area (Å²) in [5, 5.41) is 0. The van der Waals surface area contributed by atoms with Crippen LogP contribution < -0.4 is 0 Å². The zero-order valence-corrected chi connectivity index (χ0v) is 77.3. The molecule has 3 aliphatic rings. The third-order valence-electron chi connectivity index (χ3n) is 24.7. The predicted molar refractivity (Wildman–Crippen MR) is 447 cm³/mol. The van der Waals surface area contributed by atoms with E-state index in [1.165, 1.54) is 244 Å². The Morgan fingerprint density at radius 3 is 1.30 bits per heavy atom. The standard InChI is InChI=1S/C88H165N3O27/c1-24-26-27-28-29-30-31-32-33-34-35-36-37-38-39-40-41-44-48-51-54-66(101-12)83(94)90(6)64(75(105-16)65(100-11)53-50-47-45-42-43-46-49-52-62(3)25-2)57-113-84-82(110-21)81(109-20)78(108-19)71(115-84)60-114-87(85(95)111-22)56-68(74(89(5)63(4)92)80(117-87)77(107-18)70(104-15)59-98-9)116-88(86(96)112-23)55-67(102-13)73(91(7)72(93)61-99-10)79(118-88)76(106-17)69(103-14)58-97-8/h62,64-71,73-82,84H,24-61H2,1-23H3/t62?,64-,65+,66+,67-,68-,69+,70+,71+,73+,74+,75-,76+,77+,78+,79+,80+,81-,82+,84+,87?,88+/m0/s1. The number of unbranched alkanes of at least 4 members (excludes halogenated alkanes) is 25. The molecule has 0 spiro atoms. The third kappa shape index (κ3) is 33.8. The fourth-order valence-corrected chi connectivity index (χ4v) is 17.3. The molecule has 0 aromatic rings. The van der Waals surface area contributed by atoms with Crippen molar-refractivity contribution in [2.75, 3.05) is 168 Å². The van der Waals surface area contributed by atoms with Gasteiger partial charge in [-0.25, -0.2) is 9.59 Å². The molecule has 30 nitrogen and oxygen atoms in total. The van der Waals surface area contributed by atoms with E-state index >= 15 is 14.4 Å². The number of amides is 3. The van der Waals surface area contributed by atoms with E-state index in [1.807, 2.05) is 0 Å². The molecule has 0 N–H and O–H groups in total. The van der Waals surface area contributed by atoms with Crippen LogP contribution in [-0.4, -0.2) is 340 Å². The van der Waals surface area contributed by atoms with Gasteiger partial charge in [0.1, 0.15) is 79.9 Å². The molecule has 0 saturated carbocycles. The van der Waals surface area contributed by atoms with Crippen molar-refractivity contribution in [1.29, 1.82) is 0 Å². The highest BCUT2D eigenvalue weighted by Crippen LogP contribution is 2.46. The monoisotopic (exact) mass is 1700 g/mol. The molecule has 3 amide bonds. The van der Waals surface area contributed by atoms with Crippen molar-refractivity contribution in [3.63, 3.8) is 0 Å². The lowest BCUT2D eigenvalue weighted by Gasteiger charge is -2.55. The Morgan fingerprint density at radius 1 is 0.449 bits per heavy atom. The second-order valence-corrected chi connectivity index (χ2v) is 32.5. The van der Waals surface area contributed by atoms with Gasteiger partial charge in [-0.1, -0.05) is 207 Å². The number of carbonyl (C=O) groups excluding carboxylic acids is 5. The van der Waals surface area contributed by atoms with E-state index in [4.69, 9.17) is 104 Å². The first kappa shape index (κ1) is 109. The molecule has 0 aliphatic carbocycles. The van der Waals surface area contributed by atoms with Crippen molar-refractivity contribution in [1.82, 2.24) is 14.7 Å². The number of hydrogen-bond donors (Lipinski definition) is 0. The minimum absolute atomic E-state index is 0.0530. The zero-order valence-electron chi connectivity index (χ0n) is 77.3. The topological polar surface area (TPSA) is 298 Å². The highest BCUT2D eigenvalue weighted by molar-refractivity contribution is 5.81. The van der Waals surface area contributed by atoms with Crippen molar-refractivity contribution in [2.24, 2.45) is 5.92 Å². The minimum atomic E-state index is -2.60. The number of carbonyl (C=O) groups is 5. The van der Waals surface area contributed by atoms with Gasteiger partial charge in [0.15, 0.2) is 6.29 Å². The summed E-state index contributed by atoms with van der Waals surface area (Å²) in [4.78, 5) is 78.3. The zero-order chi connectivity index (χ0) is 87.6. The van der Waals surface area contributed by atoms with Gasteiger partial charge in [-0.2, -0.15) is 0 Å². The quantitative estimate of drug-likeness (QED) is 0.0403. The molecule has 30 heteroatoms. The van der Waals surface area contributed by atoms with Gasteiger partial charge >= 0.3 is 11.9 Å². The molecule has 2 unspecified atom stereocenters. The molecule has 694 valence electrons. The van der Waals surface area contributed by atoms with E-state index in [0.717, 1.165) is 71.5 Å². The molecule has 3 fully saturated rings.